The molecule has 4 rings (SSSR count). The third kappa shape index (κ3) is 12.1. The molecule has 2 heterocycles. The lowest BCUT2D eigenvalue weighted by Gasteiger charge is -2.48. The van der Waals surface area contributed by atoms with Crippen LogP contribution >= 0.6 is 0 Å². The summed E-state index contributed by atoms with van der Waals surface area (Å²) in [7, 11) is 0. The van der Waals surface area contributed by atoms with E-state index in [4.69, 9.17) is 19.8 Å². The topological polar surface area (TPSA) is 81.1 Å². The van der Waals surface area contributed by atoms with E-state index in [0.29, 0.717) is 5.41 Å². The minimum Gasteiger partial charge on any atom is -0.475 e. The van der Waals surface area contributed by atoms with E-state index in [9.17, 15) is 30.7 Å². The van der Waals surface area contributed by atoms with E-state index in [0.717, 1.165) is 26.2 Å². The van der Waals surface area contributed by atoms with Gasteiger partial charge in [0.25, 0.3) is 0 Å². The summed E-state index contributed by atoms with van der Waals surface area (Å²) in [6, 6.07) is 16.0. The quantitative estimate of drug-likeness (QED) is 0.406. The van der Waals surface area contributed by atoms with Crippen molar-refractivity contribution < 1.29 is 50.5 Å². The van der Waals surface area contributed by atoms with Crippen LogP contribution in [0, 0.1) is 18.2 Å². The van der Waals surface area contributed by atoms with Crippen LogP contribution in [-0.2, 0) is 22.7 Å². The Balaban J connectivity index is 0.000000349. The SMILES string of the molecule is Cc1ccc(CN2CCCC3(CCN(Cc4ccc(F)cc4)CC3)C2)cc1.O=C(O)C(F)(F)F.O=C(O)C(F)(F)F. The first kappa shape index (κ1) is 34.0. The number of carbonyl (C=O) groups is 2. The second-order valence-corrected chi connectivity index (χ2v) is 10.3. The molecular weight excluding hydrogens is 561 g/mol. The summed E-state index contributed by atoms with van der Waals surface area (Å²) < 4.78 is 76.6. The first-order valence-electron chi connectivity index (χ1n) is 12.8. The smallest absolute Gasteiger partial charge is 0.475 e. The molecule has 0 amide bonds. The number of halogens is 7. The Hall–Kier alpha value is -3.19. The molecule has 0 bridgehead atoms. The summed E-state index contributed by atoms with van der Waals surface area (Å²) in [5, 5.41) is 14.2. The van der Waals surface area contributed by atoms with Crippen LogP contribution in [0.15, 0.2) is 48.5 Å². The van der Waals surface area contributed by atoms with Crippen molar-refractivity contribution in [2.75, 3.05) is 26.2 Å². The van der Waals surface area contributed by atoms with Gasteiger partial charge in [0.15, 0.2) is 0 Å². The van der Waals surface area contributed by atoms with Crippen molar-refractivity contribution in [3.8, 4) is 0 Å². The lowest BCUT2D eigenvalue weighted by molar-refractivity contribution is -0.193. The summed E-state index contributed by atoms with van der Waals surface area (Å²) >= 11 is 0. The highest BCUT2D eigenvalue weighted by molar-refractivity contribution is 5.73. The fraction of sp³-hybridized carbons (Fsp3) is 0.500. The van der Waals surface area contributed by atoms with Crippen LogP contribution in [0.4, 0.5) is 30.7 Å². The molecule has 2 aliphatic heterocycles. The molecule has 2 aliphatic rings. The van der Waals surface area contributed by atoms with E-state index in [1.165, 1.54) is 55.5 Å². The molecule has 1 spiro atoms. The van der Waals surface area contributed by atoms with E-state index in [1.807, 2.05) is 12.1 Å². The second kappa shape index (κ2) is 14.6. The number of rotatable bonds is 4. The van der Waals surface area contributed by atoms with Gasteiger partial charge in [0.05, 0.1) is 0 Å². The predicted octanol–water partition coefficient (Wildman–Crippen LogP) is 6.28. The third-order valence-corrected chi connectivity index (χ3v) is 6.99. The van der Waals surface area contributed by atoms with Gasteiger partial charge in [-0.2, -0.15) is 26.3 Å². The summed E-state index contributed by atoms with van der Waals surface area (Å²) in [5.41, 5.74) is 4.49. The van der Waals surface area contributed by atoms with Crippen LogP contribution in [0.3, 0.4) is 0 Å². The molecule has 2 fully saturated rings. The predicted molar refractivity (Wildman–Crippen MR) is 136 cm³/mol. The van der Waals surface area contributed by atoms with E-state index >= 15 is 0 Å². The van der Waals surface area contributed by atoms with Gasteiger partial charge < -0.3 is 10.2 Å². The summed E-state index contributed by atoms with van der Waals surface area (Å²) in [5.74, 6) is -5.66. The van der Waals surface area contributed by atoms with Crippen LogP contribution in [0.25, 0.3) is 0 Å². The van der Waals surface area contributed by atoms with E-state index in [1.54, 1.807) is 12.1 Å². The Bertz CT molecular complexity index is 1090. The largest absolute Gasteiger partial charge is 0.490 e. The van der Waals surface area contributed by atoms with Crippen LogP contribution in [0.2, 0.25) is 0 Å². The van der Waals surface area contributed by atoms with Crippen molar-refractivity contribution in [2.45, 2.75) is 58.0 Å². The molecule has 41 heavy (non-hydrogen) atoms. The summed E-state index contributed by atoms with van der Waals surface area (Å²) in [4.78, 5) is 23.0. The molecule has 0 aromatic heterocycles. The molecule has 228 valence electrons. The Morgan fingerprint density at radius 3 is 1.59 bits per heavy atom. The van der Waals surface area contributed by atoms with Crippen LogP contribution < -0.4 is 0 Å². The van der Waals surface area contributed by atoms with E-state index in [2.05, 4.69) is 41.0 Å². The number of hydrogen-bond acceptors (Lipinski definition) is 4. The molecule has 2 saturated heterocycles. The minimum atomic E-state index is -5.08. The highest BCUT2D eigenvalue weighted by Crippen LogP contribution is 2.40. The number of nitrogens with zero attached hydrogens (tertiary/aromatic N) is 2. The van der Waals surface area contributed by atoms with Crippen LogP contribution in [-0.4, -0.2) is 70.5 Å². The van der Waals surface area contributed by atoms with Gasteiger partial charge in [-0.05, 0) is 80.9 Å². The van der Waals surface area contributed by atoms with Crippen LogP contribution in [0.5, 0.6) is 0 Å². The first-order valence-corrected chi connectivity index (χ1v) is 12.8. The molecule has 13 heteroatoms. The molecule has 0 aliphatic carbocycles. The normalized spacial score (nSPS) is 17.6. The molecule has 0 atom stereocenters. The zero-order valence-electron chi connectivity index (χ0n) is 22.4. The Kier molecular flexibility index (Phi) is 12.1. The number of benzene rings is 2. The maximum atomic E-state index is 13.1. The second-order valence-electron chi connectivity index (χ2n) is 10.3. The first-order chi connectivity index (χ1) is 19.0. The highest BCUT2D eigenvalue weighted by atomic mass is 19.4. The molecule has 0 unspecified atom stereocenters. The van der Waals surface area contributed by atoms with Crippen molar-refractivity contribution in [1.29, 1.82) is 0 Å². The fourth-order valence-corrected chi connectivity index (χ4v) is 4.84. The third-order valence-electron chi connectivity index (χ3n) is 6.99. The number of carboxylic acids is 2. The number of carboxylic acid groups (broad SMARTS) is 2. The lowest BCUT2D eigenvalue weighted by atomic mass is 9.72. The molecule has 2 N–H and O–H groups in total. The van der Waals surface area contributed by atoms with Gasteiger partial charge in [-0.1, -0.05) is 42.0 Å². The van der Waals surface area contributed by atoms with Gasteiger partial charge >= 0.3 is 24.3 Å². The maximum Gasteiger partial charge on any atom is 0.490 e. The number of piperidine rings is 2. The van der Waals surface area contributed by atoms with Gasteiger partial charge in [0.1, 0.15) is 5.82 Å². The Morgan fingerprint density at radius 2 is 1.15 bits per heavy atom. The van der Waals surface area contributed by atoms with Crippen molar-refractivity contribution in [3.05, 3.63) is 71.0 Å². The summed E-state index contributed by atoms with van der Waals surface area (Å²) in [6.45, 7) is 8.98. The van der Waals surface area contributed by atoms with Gasteiger partial charge in [-0.15, -0.1) is 0 Å². The number of aryl methyl sites for hydroxylation is 1. The molecule has 0 saturated carbocycles. The highest BCUT2D eigenvalue weighted by Gasteiger charge is 2.39. The number of likely N-dealkylation sites (tertiary alicyclic amines) is 2. The van der Waals surface area contributed by atoms with Gasteiger partial charge in [0.2, 0.25) is 0 Å². The monoisotopic (exact) mass is 594 g/mol. The maximum absolute atomic E-state index is 13.1. The zero-order chi connectivity index (χ0) is 30.8. The standard InChI is InChI=1S/C24H31FN2.2C2HF3O2/c1-20-3-5-21(6-4-20)18-27-14-2-11-24(19-27)12-15-26(16-13-24)17-22-7-9-23(25)10-8-22;2*3-2(4,5)1(6)7/h3-10H,2,11-19H2,1H3;2*(H,6,7). The van der Waals surface area contributed by atoms with E-state index in [-0.39, 0.29) is 5.82 Å². The Morgan fingerprint density at radius 1 is 0.732 bits per heavy atom. The van der Waals surface area contributed by atoms with Gasteiger partial charge in [0, 0.05) is 19.6 Å². The van der Waals surface area contributed by atoms with Gasteiger partial charge in [-0.25, -0.2) is 14.0 Å². The number of hydrogen-bond donors (Lipinski definition) is 2. The average Bonchev–Trinajstić information content (AvgIpc) is 2.88. The van der Waals surface area contributed by atoms with Crippen molar-refractivity contribution in [3.63, 3.8) is 0 Å². The van der Waals surface area contributed by atoms with Crippen molar-refractivity contribution >= 4 is 11.9 Å². The van der Waals surface area contributed by atoms with Crippen LogP contribution in [0.1, 0.15) is 42.4 Å². The average molecular weight is 595 g/mol. The molecule has 2 aromatic carbocycles. The zero-order valence-corrected chi connectivity index (χ0v) is 22.4. The molecular formula is C28H33F7N2O4. The van der Waals surface area contributed by atoms with Gasteiger partial charge in [-0.3, -0.25) is 9.80 Å². The molecule has 6 nitrogen and oxygen atoms in total. The minimum absolute atomic E-state index is 0.146. The Labute approximate surface area is 233 Å². The van der Waals surface area contributed by atoms with Crippen molar-refractivity contribution in [2.24, 2.45) is 5.41 Å². The fourth-order valence-electron chi connectivity index (χ4n) is 4.84. The number of aliphatic carboxylic acids is 2. The number of alkyl halides is 6. The van der Waals surface area contributed by atoms with Crippen molar-refractivity contribution in [1.82, 2.24) is 9.80 Å². The molecule has 2 aromatic rings. The van der Waals surface area contributed by atoms with E-state index < -0.39 is 24.3 Å². The summed E-state index contributed by atoms with van der Waals surface area (Å²) in [6.07, 6.45) is -4.89. The lowest BCUT2D eigenvalue weighted by Crippen LogP contribution is -2.49. The molecule has 0 radical (unpaired) electrons.